The van der Waals surface area contributed by atoms with Crippen molar-refractivity contribution in [2.45, 2.75) is 25.3 Å². The summed E-state index contributed by atoms with van der Waals surface area (Å²) in [5, 5.41) is 0. The van der Waals surface area contributed by atoms with Gasteiger partial charge >= 0.3 is 0 Å². The normalized spacial score (nSPS) is 21.7. The van der Waals surface area contributed by atoms with Crippen LogP contribution in [-0.4, -0.2) is 31.7 Å². The number of methoxy groups -OCH3 is 1. The second-order valence-corrected chi connectivity index (χ2v) is 6.80. The second kappa shape index (κ2) is 8.32. The molecule has 2 aromatic carbocycles. The van der Waals surface area contributed by atoms with Crippen molar-refractivity contribution in [3.05, 3.63) is 65.7 Å². The highest BCUT2D eigenvalue weighted by atomic mass is 16.5. The van der Waals surface area contributed by atoms with E-state index in [2.05, 4.69) is 47.4 Å². The standard InChI is InChI=1S/C21H28N2O/c1-24-16-18-12-14-23(13-11-17-5-3-2-4-6-17)21(15-18)19-7-9-20(22)10-8-19/h2-10,18,21H,11-16,22H2,1H3. The van der Waals surface area contributed by atoms with Gasteiger partial charge in [-0.25, -0.2) is 0 Å². The third kappa shape index (κ3) is 4.37. The van der Waals surface area contributed by atoms with Gasteiger partial charge in [0.2, 0.25) is 0 Å². The molecule has 2 N–H and O–H groups in total. The van der Waals surface area contributed by atoms with E-state index in [1.165, 1.54) is 17.5 Å². The molecule has 1 heterocycles. The molecule has 2 unspecified atom stereocenters. The molecule has 3 nitrogen and oxygen atoms in total. The van der Waals surface area contributed by atoms with Gasteiger partial charge in [0, 0.05) is 32.0 Å². The Kier molecular flexibility index (Phi) is 5.89. The molecule has 3 heteroatoms. The van der Waals surface area contributed by atoms with E-state index in [0.29, 0.717) is 12.0 Å². The van der Waals surface area contributed by atoms with Crippen LogP contribution in [0.2, 0.25) is 0 Å². The van der Waals surface area contributed by atoms with Gasteiger partial charge in [-0.3, -0.25) is 4.90 Å². The molecule has 1 aliphatic rings. The van der Waals surface area contributed by atoms with Crippen LogP contribution in [0.4, 0.5) is 5.69 Å². The lowest BCUT2D eigenvalue weighted by Gasteiger charge is -2.40. The van der Waals surface area contributed by atoms with Crippen molar-refractivity contribution in [2.75, 3.05) is 32.5 Å². The Hall–Kier alpha value is -1.84. The van der Waals surface area contributed by atoms with Crippen LogP contribution >= 0.6 is 0 Å². The van der Waals surface area contributed by atoms with Crippen molar-refractivity contribution in [3.63, 3.8) is 0 Å². The van der Waals surface area contributed by atoms with Gasteiger partial charge in [-0.1, -0.05) is 42.5 Å². The molecule has 0 bridgehead atoms. The molecular formula is C21H28N2O. The highest BCUT2D eigenvalue weighted by Crippen LogP contribution is 2.34. The molecule has 0 aliphatic carbocycles. The average Bonchev–Trinajstić information content (AvgIpc) is 2.62. The lowest BCUT2D eigenvalue weighted by Crippen LogP contribution is -2.39. The van der Waals surface area contributed by atoms with Crippen LogP contribution in [0.5, 0.6) is 0 Å². The van der Waals surface area contributed by atoms with Gasteiger partial charge in [0.05, 0.1) is 0 Å². The molecule has 128 valence electrons. The van der Waals surface area contributed by atoms with E-state index < -0.39 is 0 Å². The van der Waals surface area contributed by atoms with E-state index in [4.69, 9.17) is 10.5 Å². The van der Waals surface area contributed by atoms with E-state index in [1.54, 1.807) is 7.11 Å². The quantitative estimate of drug-likeness (QED) is 0.819. The number of likely N-dealkylation sites (tertiary alicyclic amines) is 1. The number of nitrogens with zero attached hydrogens (tertiary/aromatic N) is 1. The molecule has 24 heavy (non-hydrogen) atoms. The smallest absolute Gasteiger partial charge is 0.0491 e. The number of hydrogen-bond donors (Lipinski definition) is 1. The first kappa shape index (κ1) is 17.0. The van der Waals surface area contributed by atoms with Crippen molar-refractivity contribution < 1.29 is 4.74 Å². The highest BCUT2D eigenvalue weighted by molar-refractivity contribution is 5.40. The third-order valence-corrected chi connectivity index (χ3v) is 5.08. The number of piperidine rings is 1. The van der Waals surface area contributed by atoms with Gasteiger partial charge in [0.15, 0.2) is 0 Å². The van der Waals surface area contributed by atoms with E-state index in [0.717, 1.165) is 38.2 Å². The molecular weight excluding hydrogens is 296 g/mol. The number of anilines is 1. The first-order valence-corrected chi connectivity index (χ1v) is 8.88. The predicted molar refractivity (Wildman–Crippen MR) is 99.9 cm³/mol. The second-order valence-electron chi connectivity index (χ2n) is 6.80. The van der Waals surface area contributed by atoms with Crippen LogP contribution in [0.15, 0.2) is 54.6 Å². The summed E-state index contributed by atoms with van der Waals surface area (Å²) in [6, 6.07) is 19.6. The van der Waals surface area contributed by atoms with Crippen LogP contribution in [0.3, 0.4) is 0 Å². The molecule has 0 saturated carbocycles. The maximum atomic E-state index is 5.87. The van der Waals surface area contributed by atoms with Gasteiger partial charge in [-0.2, -0.15) is 0 Å². The summed E-state index contributed by atoms with van der Waals surface area (Å²) in [7, 11) is 1.81. The largest absolute Gasteiger partial charge is 0.399 e. The van der Waals surface area contributed by atoms with Crippen molar-refractivity contribution in [3.8, 4) is 0 Å². The maximum Gasteiger partial charge on any atom is 0.0491 e. The fourth-order valence-corrected chi connectivity index (χ4v) is 3.72. The van der Waals surface area contributed by atoms with Gasteiger partial charge in [0.1, 0.15) is 0 Å². The average molecular weight is 324 g/mol. The van der Waals surface area contributed by atoms with Gasteiger partial charge in [-0.05, 0) is 55.0 Å². The van der Waals surface area contributed by atoms with Crippen molar-refractivity contribution in [1.29, 1.82) is 0 Å². The van der Waals surface area contributed by atoms with E-state index in [1.807, 2.05) is 12.1 Å². The zero-order chi connectivity index (χ0) is 16.8. The van der Waals surface area contributed by atoms with Crippen molar-refractivity contribution in [2.24, 2.45) is 5.92 Å². The summed E-state index contributed by atoms with van der Waals surface area (Å²) in [6.45, 7) is 3.09. The van der Waals surface area contributed by atoms with E-state index >= 15 is 0 Å². The van der Waals surface area contributed by atoms with E-state index in [9.17, 15) is 0 Å². The summed E-state index contributed by atoms with van der Waals surface area (Å²) >= 11 is 0. The third-order valence-electron chi connectivity index (χ3n) is 5.08. The topological polar surface area (TPSA) is 38.5 Å². The summed E-state index contributed by atoms with van der Waals surface area (Å²) < 4.78 is 5.41. The molecule has 1 saturated heterocycles. The Labute approximate surface area is 145 Å². The molecule has 2 atom stereocenters. The highest BCUT2D eigenvalue weighted by Gasteiger charge is 2.29. The number of ether oxygens (including phenoxy) is 1. The predicted octanol–water partition coefficient (Wildman–Crippen LogP) is 3.91. The van der Waals surface area contributed by atoms with Crippen LogP contribution in [0.25, 0.3) is 0 Å². The molecule has 0 amide bonds. The first-order chi connectivity index (χ1) is 11.8. The van der Waals surface area contributed by atoms with Crippen molar-refractivity contribution in [1.82, 2.24) is 4.90 Å². The van der Waals surface area contributed by atoms with Gasteiger partial charge in [0.25, 0.3) is 0 Å². The number of nitrogen functional groups attached to an aromatic ring is 1. The summed E-state index contributed by atoms with van der Waals surface area (Å²) in [4.78, 5) is 2.63. The Balaban J connectivity index is 1.71. The first-order valence-electron chi connectivity index (χ1n) is 8.88. The van der Waals surface area contributed by atoms with Crippen molar-refractivity contribution >= 4 is 5.69 Å². The maximum absolute atomic E-state index is 5.87. The molecule has 1 fully saturated rings. The molecule has 1 aliphatic heterocycles. The number of rotatable bonds is 6. The zero-order valence-electron chi connectivity index (χ0n) is 14.5. The van der Waals surface area contributed by atoms with Crippen LogP contribution in [-0.2, 0) is 11.2 Å². The zero-order valence-corrected chi connectivity index (χ0v) is 14.5. The van der Waals surface area contributed by atoms with Crippen LogP contribution in [0, 0.1) is 5.92 Å². The lowest BCUT2D eigenvalue weighted by molar-refractivity contribution is 0.0632. The molecule has 0 radical (unpaired) electrons. The molecule has 3 rings (SSSR count). The summed E-state index contributed by atoms with van der Waals surface area (Å²) in [5.41, 5.74) is 9.48. The minimum Gasteiger partial charge on any atom is -0.399 e. The minimum atomic E-state index is 0.461. The van der Waals surface area contributed by atoms with Crippen LogP contribution in [0.1, 0.15) is 30.0 Å². The number of hydrogen-bond acceptors (Lipinski definition) is 3. The van der Waals surface area contributed by atoms with Gasteiger partial charge < -0.3 is 10.5 Å². The Morgan fingerprint density at radius 2 is 1.83 bits per heavy atom. The Morgan fingerprint density at radius 1 is 1.08 bits per heavy atom. The lowest BCUT2D eigenvalue weighted by atomic mass is 9.87. The summed E-state index contributed by atoms with van der Waals surface area (Å²) in [5.74, 6) is 0.644. The fraction of sp³-hybridized carbons (Fsp3) is 0.429. The minimum absolute atomic E-state index is 0.461. The molecule has 0 spiro atoms. The monoisotopic (exact) mass is 324 g/mol. The van der Waals surface area contributed by atoms with Gasteiger partial charge in [-0.15, -0.1) is 0 Å². The fourth-order valence-electron chi connectivity index (χ4n) is 3.72. The van der Waals surface area contributed by atoms with E-state index in [-0.39, 0.29) is 0 Å². The Morgan fingerprint density at radius 3 is 2.54 bits per heavy atom. The van der Waals surface area contributed by atoms with Crippen LogP contribution < -0.4 is 5.73 Å². The molecule has 0 aromatic heterocycles. The summed E-state index contributed by atoms with van der Waals surface area (Å²) in [6.07, 6.45) is 3.47. The number of nitrogens with two attached hydrogens (primary N) is 1. The number of benzene rings is 2. The molecule has 2 aromatic rings. The Bertz CT molecular complexity index is 611. The SMILES string of the molecule is COCC1CCN(CCc2ccccc2)C(c2ccc(N)cc2)C1.